The summed E-state index contributed by atoms with van der Waals surface area (Å²) in [6.07, 6.45) is 7.64. The molecule has 196 valence electrons. The van der Waals surface area contributed by atoms with Gasteiger partial charge in [0, 0.05) is 48.5 Å². The van der Waals surface area contributed by atoms with E-state index in [9.17, 15) is 5.11 Å². The molecule has 0 atom stereocenters. The van der Waals surface area contributed by atoms with Gasteiger partial charge in [0.2, 0.25) is 0 Å². The smallest absolute Gasteiger partial charge is 0.173 e. The maximum atomic E-state index is 10.3. The number of aromatic nitrogens is 4. The van der Waals surface area contributed by atoms with E-state index in [0.717, 1.165) is 56.1 Å². The second-order valence-electron chi connectivity index (χ2n) is 10.3. The van der Waals surface area contributed by atoms with Crippen molar-refractivity contribution in [2.45, 2.75) is 38.3 Å². The van der Waals surface area contributed by atoms with Crippen LogP contribution in [0.4, 0.5) is 17.2 Å². The normalized spacial score (nSPS) is 15.9. The Morgan fingerprint density at radius 3 is 2.50 bits per heavy atom. The van der Waals surface area contributed by atoms with E-state index in [1.807, 2.05) is 35.1 Å². The summed E-state index contributed by atoms with van der Waals surface area (Å²) in [5, 5.41) is 18.5. The minimum absolute atomic E-state index is 0.435. The number of hydrogen-bond donors (Lipinski definition) is 2. The van der Waals surface area contributed by atoms with Gasteiger partial charge in [-0.15, -0.1) is 0 Å². The molecule has 4 aromatic rings. The van der Waals surface area contributed by atoms with Crippen molar-refractivity contribution >= 4 is 17.2 Å². The standard InChI is InChI=1S/C29H32N6O3/c1-29(2,36)26-17-21(9-11-30-26)32-27-18-24(10-12-31-27)38-25-19-35(23-7-8-23)33-28(25)20-3-5-22(6-4-20)34-13-15-37-16-14-34/h3-6,9-12,17-19,23,36H,7-8,13-16H2,1-2H3,(H,30,31,32). The monoisotopic (exact) mass is 512 g/mol. The Hall–Kier alpha value is -3.95. The van der Waals surface area contributed by atoms with Crippen LogP contribution in [0.5, 0.6) is 11.5 Å². The van der Waals surface area contributed by atoms with Gasteiger partial charge in [0.05, 0.1) is 31.1 Å². The zero-order chi connectivity index (χ0) is 26.1. The minimum atomic E-state index is -1.03. The van der Waals surface area contributed by atoms with Gasteiger partial charge in [-0.05, 0) is 57.0 Å². The maximum Gasteiger partial charge on any atom is 0.173 e. The van der Waals surface area contributed by atoms with Crippen LogP contribution in [-0.2, 0) is 10.3 Å². The highest BCUT2D eigenvalue weighted by Gasteiger charge is 2.27. The topological polar surface area (TPSA) is 97.6 Å². The molecule has 4 heterocycles. The summed E-state index contributed by atoms with van der Waals surface area (Å²) < 4.78 is 13.9. The van der Waals surface area contributed by atoms with E-state index >= 15 is 0 Å². The summed E-state index contributed by atoms with van der Waals surface area (Å²) in [5.41, 5.74) is 3.35. The fraction of sp³-hybridized carbons (Fsp3) is 0.345. The largest absolute Gasteiger partial charge is 0.453 e. The molecule has 1 aliphatic heterocycles. The summed E-state index contributed by atoms with van der Waals surface area (Å²) in [6, 6.07) is 16.3. The summed E-state index contributed by atoms with van der Waals surface area (Å²) in [4.78, 5) is 11.0. The molecular formula is C29H32N6O3. The maximum absolute atomic E-state index is 10.3. The number of benzene rings is 1. The van der Waals surface area contributed by atoms with E-state index < -0.39 is 5.60 Å². The molecule has 0 amide bonds. The number of ether oxygens (including phenoxy) is 2. The molecule has 1 saturated carbocycles. The summed E-state index contributed by atoms with van der Waals surface area (Å²) in [6.45, 7) is 6.75. The van der Waals surface area contributed by atoms with Crippen LogP contribution < -0.4 is 15.0 Å². The first kappa shape index (κ1) is 24.4. The summed E-state index contributed by atoms with van der Waals surface area (Å²) in [5.74, 6) is 1.99. The van der Waals surface area contributed by atoms with Crippen LogP contribution >= 0.6 is 0 Å². The highest BCUT2D eigenvalue weighted by Crippen LogP contribution is 2.40. The Labute approximate surface area is 222 Å². The lowest BCUT2D eigenvalue weighted by molar-refractivity contribution is 0.0739. The van der Waals surface area contributed by atoms with Crippen molar-refractivity contribution < 1.29 is 14.6 Å². The Kier molecular flexibility index (Phi) is 6.47. The molecule has 9 heteroatoms. The lowest BCUT2D eigenvalue weighted by Crippen LogP contribution is -2.36. The number of anilines is 3. The number of hydrogen-bond acceptors (Lipinski definition) is 8. The van der Waals surface area contributed by atoms with Crippen LogP contribution in [0.2, 0.25) is 0 Å². The average molecular weight is 513 g/mol. The predicted octanol–water partition coefficient (Wildman–Crippen LogP) is 5.27. The van der Waals surface area contributed by atoms with Crippen LogP contribution in [0.15, 0.2) is 67.1 Å². The van der Waals surface area contributed by atoms with Crippen LogP contribution in [-0.4, -0.2) is 51.2 Å². The molecule has 2 N–H and O–H groups in total. The molecule has 6 rings (SSSR count). The fourth-order valence-corrected chi connectivity index (χ4v) is 4.49. The zero-order valence-electron chi connectivity index (χ0n) is 21.7. The number of aliphatic hydroxyl groups is 1. The van der Waals surface area contributed by atoms with E-state index in [4.69, 9.17) is 14.6 Å². The Morgan fingerprint density at radius 2 is 1.76 bits per heavy atom. The van der Waals surface area contributed by atoms with Gasteiger partial charge >= 0.3 is 0 Å². The molecule has 1 aliphatic carbocycles. The van der Waals surface area contributed by atoms with E-state index in [0.29, 0.717) is 29.1 Å². The number of rotatable bonds is 8. The lowest BCUT2D eigenvalue weighted by Gasteiger charge is -2.28. The predicted molar refractivity (Wildman–Crippen MR) is 146 cm³/mol. The SMILES string of the molecule is CC(C)(O)c1cc(Nc2cc(Oc3cn(C4CC4)nc3-c3ccc(N4CCOCC4)cc3)ccn2)ccn1. The third-order valence-electron chi connectivity index (χ3n) is 6.75. The van der Waals surface area contributed by atoms with Crippen LogP contribution in [0.25, 0.3) is 11.3 Å². The first-order valence-corrected chi connectivity index (χ1v) is 13.0. The molecule has 38 heavy (non-hydrogen) atoms. The molecule has 2 fully saturated rings. The Morgan fingerprint density at radius 1 is 1.00 bits per heavy atom. The van der Waals surface area contributed by atoms with E-state index in [-0.39, 0.29) is 0 Å². The number of nitrogens with one attached hydrogen (secondary N) is 1. The van der Waals surface area contributed by atoms with Crippen LogP contribution in [0.1, 0.15) is 38.4 Å². The second-order valence-corrected chi connectivity index (χ2v) is 10.3. The van der Waals surface area contributed by atoms with Crippen molar-refractivity contribution in [1.82, 2.24) is 19.7 Å². The minimum Gasteiger partial charge on any atom is -0.453 e. The molecule has 0 radical (unpaired) electrons. The third-order valence-corrected chi connectivity index (χ3v) is 6.75. The van der Waals surface area contributed by atoms with E-state index in [2.05, 4.69) is 44.5 Å². The molecule has 3 aromatic heterocycles. The van der Waals surface area contributed by atoms with E-state index in [1.54, 1.807) is 26.2 Å². The van der Waals surface area contributed by atoms with Gasteiger partial charge in [-0.3, -0.25) is 9.67 Å². The van der Waals surface area contributed by atoms with Crippen LogP contribution in [0, 0.1) is 0 Å². The second kappa shape index (κ2) is 10.1. The Balaban J connectivity index is 1.23. The summed E-state index contributed by atoms with van der Waals surface area (Å²) >= 11 is 0. The van der Waals surface area contributed by atoms with Crippen molar-refractivity contribution in [2.24, 2.45) is 0 Å². The van der Waals surface area contributed by atoms with Gasteiger partial charge in [-0.25, -0.2) is 4.98 Å². The molecule has 2 aliphatic rings. The van der Waals surface area contributed by atoms with Crippen molar-refractivity contribution in [2.75, 3.05) is 36.5 Å². The molecule has 1 aromatic carbocycles. The first-order chi connectivity index (χ1) is 18.4. The zero-order valence-corrected chi connectivity index (χ0v) is 21.7. The van der Waals surface area contributed by atoms with Crippen molar-refractivity contribution in [3.05, 3.63) is 72.8 Å². The molecule has 0 unspecified atom stereocenters. The quantitative estimate of drug-likeness (QED) is 0.329. The van der Waals surface area contributed by atoms with Gasteiger partial charge in [0.1, 0.15) is 22.9 Å². The average Bonchev–Trinajstić information content (AvgIpc) is 3.70. The van der Waals surface area contributed by atoms with Crippen molar-refractivity contribution in [3.63, 3.8) is 0 Å². The fourth-order valence-electron chi connectivity index (χ4n) is 4.49. The third kappa shape index (κ3) is 5.49. The highest BCUT2D eigenvalue weighted by molar-refractivity contribution is 5.69. The Bertz CT molecular complexity index is 1400. The number of nitrogens with zero attached hydrogens (tertiary/aromatic N) is 5. The first-order valence-electron chi connectivity index (χ1n) is 13.0. The molecule has 1 saturated heterocycles. The van der Waals surface area contributed by atoms with Gasteiger partial charge < -0.3 is 24.8 Å². The molecular weight excluding hydrogens is 480 g/mol. The summed E-state index contributed by atoms with van der Waals surface area (Å²) in [7, 11) is 0. The molecule has 9 nitrogen and oxygen atoms in total. The van der Waals surface area contributed by atoms with Crippen LogP contribution in [0.3, 0.4) is 0 Å². The van der Waals surface area contributed by atoms with Crippen molar-refractivity contribution in [3.8, 4) is 22.8 Å². The highest BCUT2D eigenvalue weighted by atomic mass is 16.5. The molecule has 0 spiro atoms. The number of morpholine rings is 1. The number of pyridine rings is 2. The van der Waals surface area contributed by atoms with Gasteiger partial charge in [0.15, 0.2) is 5.75 Å². The lowest BCUT2D eigenvalue weighted by atomic mass is 10.0. The van der Waals surface area contributed by atoms with Crippen molar-refractivity contribution in [1.29, 1.82) is 0 Å². The van der Waals surface area contributed by atoms with Gasteiger partial charge in [-0.2, -0.15) is 5.10 Å². The van der Waals surface area contributed by atoms with Gasteiger partial charge in [0.25, 0.3) is 0 Å². The van der Waals surface area contributed by atoms with E-state index in [1.165, 1.54) is 5.69 Å². The van der Waals surface area contributed by atoms with Gasteiger partial charge in [-0.1, -0.05) is 12.1 Å². The molecule has 0 bridgehead atoms.